The van der Waals surface area contributed by atoms with Crippen LogP contribution in [0.5, 0.6) is 0 Å². The Labute approximate surface area is 202 Å². The second-order valence-electron chi connectivity index (χ2n) is 8.79. The van der Waals surface area contributed by atoms with Gasteiger partial charge in [-0.2, -0.15) is 0 Å². The van der Waals surface area contributed by atoms with Gasteiger partial charge in [0.05, 0.1) is 23.3 Å². The lowest BCUT2D eigenvalue weighted by atomic mass is 9.85. The summed E-state index contributed by atoms with van der Waals surface area (Å²) in [7, 11) is 0. The van der Waals surface area contributed by atoms with E-state index in [0.29, 0.717) is 50.5 Å². The zero-order valence-corrected chi connectivity index (χ0v) is 19.5. The van der Waals surface area contributed by atoms with Gasteiger partial charge in [-0.3, -0.25) is 19.3 Å². The quantitative estimate of drug-likeness (QED) is 0.372. The van der Waals surface area contributed by atoms with Crippen molar-refractivity contribution in [3.8, 4) is 0 Å². The smallest absolute Gasteiger partial charge is 0.238 e. The Balaban J connectivity index is 1.13. The molecule has 0 unspecified atom stereocenters. The van der Waals surface area contributed by atoms with Crippen molar-refractivity contribution >= 4 is 40.9 Å². The van der Waals surface area contributed by atoms with Gasteiger partial charge in [-0.1, -0.05) is 12.2 Å². The third kappa shape index (κ3) is 4.46. The highest BCUT2D eigenvalue weighted by Gasteiger charge is 2.47. The number of carbonyl (C=O) groups is 3. The Morgan fingerprint density at radius 2 is 1.38 bits per heavy atom. The first kappa shape index (κ1) is 22.7. The Hall–Kier alpha value is -3.13. The number of imide groups is 1. The van der Waals surface area contributed by atoms with Crippen molar-refractivity contribution in [1.82, 2.24) is 4.90 Å². The van der Waals surface area contributed by atoms with Crippen LogP contribution < -0.4 is 9.80 Å². The fraction of sp³-hybridized carbons (Fsp3) is 0.346. The van der Waals surface area contributed by atoms with E-state index in [1.54, 1.807) is 24.3 Å². The van der Waals surface area contributed by atoms with Crippen molar-refractivity contribution in [1.29, 1.82) is 0 Å². The molecule has 0 aromatic heterocycles. The highest BCUT2D eigenvalue weighted by Crippen LogP contribution is 2.38. The molecule has 176 valence electrons. The van der Waals surface area contributed by atoms with E-state index in [4.69, 9.17) is 0 Å². The molecule has 1 aliphatic carbocycles. The van der Waals surface area contributed by atoms with Crippen molar-refractivity contribution in [2.24, 2.45) is 11.8 Å². The van der Waals surface area contributed by atoms with Crippen molar-refractivity contribution in [3.63, 3.8) is 0 Å². The van der Waals surface area contributed by atoms with Gasteiger partial charge >= 0.3 is 0 Å². The molecule has 2 aromatic carbocycles. The summed E-state index contributed by atoms with van der Waals surface area (Å²) in [6.07, 6.45) is 5.21. The largest absolute Gasteiger partial charge is 0.368 e. The summed E-state index contributed by atoms with van der Waals surface area (Å²) in [6.45, 7) is 2.69. The molecule has 5 rings (SSSR count). The number of halogens is 1. The minimum atomic E-state index is -0.253. The summed E-state index contributed by atoms with van der Waals surface area (Å²) in [4.78, 5) is 44.5. The van der Waals surface area contributed by atoms with Crippen LogP contribution in [-0.2, 0) is 14.4 Å². The number of nitrogens with zero attached hydrogens (tertiary/aromatic N) is 3. The number of hydrogen-bond acceptors (Lipinski definition) is 5. The average molecular weight is 480 g/mol. The van der Waals surface area contributed by atoms with E-state index >= 15 is 0 Å². The Morgan fingerprint density at radius 3 is 1.97 bits per heavy atom. The number of allylic oxidation sites excluding steroid dienone is 2. The topological polar surface area (TPSA) is 60.9 Å². The number of amides is 3. The third-order valence-electron chi connectivity index (χ3n) is 6.79. The zero-order chi connectivity index (χ0) is 23.7. The molecule has 0 spiro atoms. The van der Waals surface area contributed by atoms with Crippen LogP contribution in [0, 0.1) is 17.7 Å². The van der Waals surface area contributed by atoms with Crippen molar-refractivity contribution in [3.05, 3.63) is 66.5 Å². The molecule has 3 amide bonds. The van der Waals surface area contributed by atoms with Gasteiger partial charge in [0.1, 0.15) is 5.82 Å². The fourth-order valence-electron chi connectivity index (χ4n) is 4.85. The molecule has 2 aliphatic heterocycles. The monoisotopic (exact) mass is 479 g/mol. The minimum Gasteiger partial charge on any atom is -0.368 e. The van der Waals surface area contributed by atoms with Gasteiger partial charge < -0.3 is 9.80 Å². The second-order valence-corrected chi connectivity index (χ2v) is 9.84. The first-order valence-corrected chi connectivity index (χ1v) is 12.5. The summed E-state index contributed by atoms with van der Waals surface area (Å²) in [5, 5.41) is 0. The van der Waals surface area contributed by atoms with Crippen LogP contribution in [0.2, 0.25) is 0 Å². The van der Waals surface area contributed by atoms with Gasteiger partial charge in [0.25, 0.3) is 0 Å². The predicted molar refractivity (Wildman–Crippen MR) is 130 cm³/mol. The van der Waals surface area contributed by atoms with E-state index in [1.165, 1.54) is 28.8 Å². The van der Waals surface area contributed by atoms with Gasteiger partial charge in [0.15, 0.2) is 0 Å². The van der Waals surface area contributed by atoms with Crippen LogP contribution in [-0.4, -0.2) is 54.6 Å². The normalized spacial score (nSPS) is 22.3. The van der Waals surface area contributed by atoms with E-state index < -0.39 is 0 Å². The lowest BCUT2D eigenvalue weighted by molar-refractivity contribution is -0.128. The van der Waals surface area contributed by atoms with Crippen molar-refractivity contribution in [2.75, 3.05) is 41.7 Å². The Kier molecular flexibility index (Phi) is 6.41. The number of anilines is 2. The lowest BCUT2D eigenvalue weighted by Crippen LogP contribution is -2.49. The van der Waals surface area contributed by atoms with E-state index in [9.17, 15) is 18.8 Å². The molecule has 2 aromatic rings. The lowest BCUT2D eigenvalue weighted by Gasteiger charge is -2.36. The van der Waals surface area contributed by atoms with E-state index in [2.05, 4.69) is 4.90 Å². The van der Waals surface area contributed by atoms with Crippen molar-refractivity contribution < 1.29 is 18.8 Å². The van der Waals surface area contributed by atoms with Gasteiger partial charge in [0, 0.05) is 36.8 Å². The highest BCUT2D eigenvalue weighted by atomic mass is 32.2. The van der Waals surface area contributed by atoms with Crippen LogP contribution in [0.25, 0.3) is 0 Å². The molecule has 2 fully saturated rings. The maximum atomic E-state index is 13.1. The number of piperazine rings is 1. The van der Waals surface area contributed by atoms with Gasteiger partial charge in [-0.25, -0.2) is 4.39 Å². The molecule has 0 bridgehead atoms. The molecule has 34 heavy (non-hydrogen) atoms. The molecule has 0 N–H and O–H groups in total. The summed E-state index contributed by atoms with van der Waals surface area (Å²) < 4.78 is 13.1. The average Bonchev–Trinajstić information content (AvgIpc) is 3.13. The summed E-state index contributed by atoms with van der Waals surface area (Å²) in [5.41, 5.74) is 1.56. The van der Waals surface area contributed by atoms with Gasteiger partial charge in [0.2, 0.25) is 17.7 Å². The first-order valence-electron chi connectivity index (χ1n) is 11.6. The highest BCUT2D eigenvalue weighted by molar-refractivity contribution is 8.00. The maximum Gasteiger partial charge on any atom is 0.238 e. The Bertz CT molecular complexity index is 1090. The molecule has 2 atom stereocenters. The fourth-order valence-corrected chi connectivity index (χ4v) is 5.65. The SMILES string of the molecule is O=C(CSc1ccc(N2C(=O)[C@H]3CC=CC[C@H]3C2=O)cc1)N1CCN(c2ccc(F)cc2)CC1. The zero-order valence-electron chi connectivity index (χ0n) is 18.7. The number of benzene rings is 2. The molecule has 2 saturated heterocycles. The van der Waals surface area contributed by atoms with E-state index in [1.807, 2.05) is 29.2 Å². The minimum absolute atomic E-state index is 0.0781. The maximum absolute atomic E-state index is 13.1. The molecule has 3 aliphatic rings. The molecule has 8 heteroatoms. The standard InChI is InChI=1S/C26H26FN3O3S/c27-18-5-7-19(8-6-18)28-13-15-29(16-14-28)24(31)17-34-21-11-9-20(10-12-21)30-25(32)22-3-1-2-4-23(22)26(30)33/h1-2,5-12,22-23H,3-4,13-17H2/t22-,23+. The number of carbonyl (C=O) groups excluding carboxylic acids is 3. The van der Waals surface area contributed by atoms with Gasteiger partial charge in [-0.05, 0) is 61.4 Å². The molecule has 0 radical (unpaired) electrons. The van der Waals surface area contributed by atoms with Gasteiger partial charge in [-0.15, -0.1) is 11.8 Å². The molecule has 0 saturated carbocycles. The summed E-state index contributed by atoms with van der Waals surface area (Å²) in [6, 6.07) is 13.7. The summed E-state index contributed by atoms with van der Waals surface area (Å²) in [5.74, 6) is -0.566. The number of thioether (sulfide) groups is 1. The third-order valence-corrected chi connectivity index (χ3v) is 7.79. The van der Waals surface area contributed by atoms with E-state index in [0.717, 1.165) is 10.6 Å². The Morgan fingerprint density at radius 1 is 0.824 bits per heavy atom. The molecule has 6 nitrogen and oxygen atoms in total. The van der Waals surface area contributed by atoms with Crippen LogP contribution in [0.1, 0.15) is 12.8 Å². The van der Waals surface area contributed by atoms with Crippen LogP contribution in [0.4, 0.5) is 15.8 Å². The first-order chi connectivity index (χ1) is 16.5. The number of rotatable bonds is 5. The van der Waals surface area contributed by atoms with Crippen LogP contribution in [0.15, 0.2) is 65.6 Å². The molecular weight excluding hydrogens is 453 g/mol. The van der Waals surface area contributed by atoms with Crippen LogP contribution in [0.3, 0.4) is 0 Å². The predicted octanol–water partition coefficient (Wildman–Crippen LogP) is 3.72. The number of hydrogen-bond donors (Lipinski definition) is 0. The van der Waals surface area contributed by atoms with Crippen molar-refractivity contribution in [2.45, 2.75) is 17.7 Å². The van der Waals surface area contributed by atoms with Crippen LogP contribution >= 0.6 is 11.8 Å². The second kappa shape index (κ2) is 9.62. The van der Waals surface area contributed by atoms with E-state index in [-0.39, 0.29) is 35.4 Å². The number of fused-ring (bicyclic) bond motifs is 1. The molecule has 2 heterocycles. The summed E-state index contributed by atoms with van der Waals surface area (Å²) >= 11 is 1.45. The molecular formula is C26H26FN3O3S.